The number of aromatic nitrogens is 1. The van der Waals surface area contributed by atoms with Gasteiger partial charge < -0.3 is 0 Å². The third-order valence-corrected chi connectivity index (χ3v) is 3.62. The Bertz CT molecular complexity index is 631. The number of pyridine rings is 1. The average molecular weight is 278 g/mol. The predicted octanol–water partition coefficient (Wildman–Crippen LogP) is 1.79. The average Bonchev–Trinajstić information content (AvgIpc) is 2.35. The van der Waals surface area contributed by atoms with E-state index in [2.05, 4.69) is 18.1 Å². The molecule has 0 aliphatic heterocycles. The van der Waals surface area contributed by atoms with Gasteiger partial charge in [-0.2, -0.15) is 0 Å². The number of hydrogen-bond donors (Lipinski definition) is 1. The molecular weight excluding hydrogens is 264 g/mol. The summed E-state index contributed by atoms with van der Waals surface area (Å²) >= 11 is 0. The Morgan fingerprint density at radius 3 is 2.58 bits per heavy atom. The fourth-order valence-corrected chi connectivity index (χ4v) is 2.49. The molecule has 0 spiro atoms. The Morgan fingerprint density at radius 2 is 2.11 bits per heavy atom. The second-order valence-electron chi connectivity index (χ2n) is 3.70. The molecule has 0 unspecified atom stereocenters. The Kier molecular flexibility index (Phi) is 4.77. The van der Waals surface area contributed by atoms with Crippen LogP contribution in [-0.4, -0.2) is 19.3 Å². The minimum Gasteiger partial charge on any atom is -0.266 e. The number of rotatable bonds is 5. The molecule has 0 fully saturated rings. The number of nitrogens with zero attached hydrogens (tertiary/aromatic N) is 1. The summed E-state index contributed by atoms with van der Waals surface area (Å²) < 4.78 is 26.0. The number of allylic oxidation sites excluding steroid dienone is 3. The van der Waals surface area contributed by atoms with Gasteiger partial charge in [0.15, 0.2) is 0 Å². The maximum atomic E-state index is 12.0. The van der Waals surface area contributed by atoms with Gasteiger partial charge in [-0.05, 0) is 30.7 Å². The van der Waals surface area contributed by atoms with E-state index in [-0.39, 0.29) is 10.6 Å². The van der Waals surface area contributed by atoms with Crippen LogP contribution in [0.3, 0.4) is 0 Å². The molecule has 1 N–H and O–H groups in total. The Labute approximate surface area is 112 Å². The summed E-state index contributed by atoms with van der Waals surface area (Å²) in [6.07, 6.45) is 3.99. The molecule has 0 aliphatic rings. The van der Waals surface area contributed by atoms with Crippen molar-refractivity contribution >= 4 is 15.9 Å². The van der Waals surface area contributed by atoms with E-state index >= 15 is 0 Å². The summed E-state index contributed by atoms with van der Waals surface area (Å²) in [6.45, 7) is 8.51. The van der Waals surface area contributed by atoms with Crippen LogP contribution in [0.25, 0.3) is 0 Å². The van der Waals surface area contributed by atoms with Crippen molar-refractivity contribution in [2.24, 2.45) is 0 Å². The van der Waals surface area contributed by atoms with Crippen LogP contribution < -0.4 is 4.72 Å². The van der Waals surface area contributed by atoms with Crippen LogP contribution in [-0.2, 0) is 10.0 Å². The maximum Gasteiger partial charge on any atom is 0.283 e. The van der Waals surface area contributed by atoms with E-state index in [1.165, 1.54) is 31.3 Å². The van der Waals surface area contributed by atoms with E-state index in [0.717, 1.165) is 0 Å². The molecule has 6 heteroatoms. The van der Waals surface area contributed by atoms with Gasteiger partial charge in [-0.3, -0.25) is 9.78 Å². The van der Waals surface area contributed by atoms with Crippen LogP contribution >= 0.6 is 0 Å². The quantitative estimate of drug-likeness (QED) is 0.833. The number of nitrogens with one attached hydrogen (secondary N) is 1. The Balaban J connectivity index is 3.04. The molecule has 1 rings (SSSR count). The van der Waals surface area contributed by atoms with E-state index < -0.39 is 15.9 Å². The van der Waals surface area contributed by atoms with Crippen LogP contribution in [0.5, 0.6) is 0 Å². The first-order valence-electron chi connectivity index (χ1n) is 5.35. The third kappa shape index (κ3) is 3.89. The standard InChI is InChI=1S/C13H14N2O3S/c1-4-7-12(10(2)3)19(17,18)15-13(16)11-8-5-6-9-14-11/h4-9H,1-2H2,3H3,(H,15,16)/b12-7+. The summed E-state index contributed by atoms with van der Waals surface area (Å²) in [6, 6.07) is 4.64. The van der Waals surface area contributed by atoms with Crippen molar-refractivity contribution in [1.82, 2.24) is 9.71 Å². The topological polar surface area (TPSA) is 76.1 Å². The van der Waals surface area contributed by atoms with E-state index in [1.807, 2.05) is 4.72 Å². The summed E-state index contributed by atoms with van der Waals surface area (Å²) in [5, 5.41) is 0. The highest BCUT2D eigenvalue weighted by Gasteiger charge is 2.21. The van der Waals surface area contributed by atoms with E-state index in [0.29, 0.717) is 5.57 Å². The van der Waals surface area contributed by atoms with Crippen molar-refractivity contribution in [3.8, 4) is 0 Å². The van der Waals surface area contributed by atoms with Crippen LogP contribution in [0.4, 0.5) is 0 Å². The second-order valence-corrected chi connectivity index (χ2v) is 5.35. The highest BCUT2D eigenvalue weighted by molar-refractivity contribution is 7.94. The second kappa shape index (κ2) is 6.10. The summed E-state index contributed by atoms with van der Waals surface area (Å²) in [5.41, 5.74) is 0.326. The van der Waals surface area contributed by atoms with Gasteiger partial charge in [0.1, 0.15) is 5.69 Å². The first-order chi connectivity index (χ1) is 8.88. The van der Waals surface area contributed by atoms with Gasteiger partial charge in [0.2, 0.25) is 0 Å². The van der Waals surface area contributed by atoms with Crippen molar-refractivity contribution in [3.63, 3.8) is 0 Å². The molecule has 100 valence electrons. The van der Waals surface area contributed by atoms with Crippen LogP contribution in [0.15, 0.2) is 60.2 Å². The molecule has 0 radical (unpaired) electrons. The van der Waals surface area contributed by atoms with E-state index in [1.54, 1.807) is 12.1 Å². The summed E-state index contributed by atoms with van der Waals surface area (Å²) in [7, 11) is -3.98. The van der Waals surface area contributed by atoms with E-state index in [9.17, 15) is 13.2 Å². The molecule has 1 aromatic heterocycles. The molecule has 1 amide bonds. The predicted molar refractivity (Wildman–Crippen MR) is 73.7 cm³/mol. The van der Waals surface area contributed by atoms with Crippen molar-refractivity contribution in [2.45, 2.75) is 6.92 Å². The van der Waals surface area contributed by atoms with Crippen LogP contribution in [0.1, 0.15) is 17.4 Å². The lowest BCUT2D eigenvalue weighted by Gasteiger charge is -2.09. The fraction of sp³-hybridized carbons (Fsp3) is 0.0769. The first-order valence-corrected chi connectivity index (χ1v) is 6.83. The molecule has 0 saturated carbocycles. The Morgan fingerprint density at radius 1 is 1.42 bits per heavy atom. The molecule has 0 aliphatic carbocycles. The van der Waals surface area contributed by atoms with Gasteiger partial charge in [-0.15, -0.1) is 0 Å². The SMILES string of the molecule is C=C/C=C(\C(=C)C)S(=O)(=O)NC(=O)c1ccccn1. The first kappa shape index (κ1) is 14.8. The smallest absolute Gasteiger partial charge is 0.266 e. The molecule has 19 heavy (non-hydrogen) atoms. The lowest BCUT2D eigenvalue weighted by atomic mass is 10.3. The number of hydrogen-bond acceptors (Lipinski definition) is 4. The summed E-state index contributed by atoms with van der Waals surface area (Å²) in [5.74, 6) is -0.795. The van der Waals surface area contributed by atoms with E-state index in [4.69, 9.17) is 0 Å². The highest BCUT2D eigenvalue weighted by atomic mass is 32.2. The monoisotopic (exact) mass is 278 g/mol. The summed E-state index contributed by atoms with van der Waals surface area (Å²) in [4.78, 5) is 15.4. The molecule has 1 heterocycles. The van der Waals surface area contributed by atoms with Gasteiger partial charge in [-0.25, -0.2) is 13.1 Å². The molecule has 0 saturated heterocycles. The zero-order valence-corrected chi connectivity index (χ0v) is 11.3. The van der Waals surface area contributed by atoms with Gasteiger partial charge in [-0.1, -0.05) is 25.3 Å². The highest BCUT2D eigenvalue weighted by Crippen LogP contribution is 2.14. The largest absolute Gasteiger partial charge is 0.283 e. The number of carbonyl (C=O) groups is 1. The van der Waals surface area contributed by atoms with Gasteiger partial charge in [0, 0.05) is 6.20 Å². The molecule has 5 nitrogen and oxygen atoms in total. The maximum absolute atomic E-state index is 12.0. The Hall–Kier alpha value is -2.21. The normalized spacial score (nSPS) is 11.7. The molecule has 0 atom stereocenters. The number of amides is 1. The van der Waals surface area contributed by atoms with Crippen LogP contribution in [0, 0.1) is 0 Å². The zero-order chi connectivity index (χ0) is 14.5. The van der Waals surface area contributed by atoms with Gasteiger partial charge in [0.05, 0.1) is 4.91 Å². The fourth-order valence-electron chi connectivity index (χ4n) is 1.29. The lowest BCUT2D eigenvalue weighted by Crippen LogP contribution is -2.32. The molecule has 1 aromatic rings. The van der Waals surface area contributed by atoms with Crippen molar-refractivity contribution in [1.29, 1.82) is 0 Å². The number of sulfonamides is 1. The minimum atomic E-state index is -3.98. The van der Waals surface area contributed by atoms with Crippen LogP contribution in [0.2, 0.25) is 0 Å². The van der Waals surface area contributed by atoms with Crippen molar-refractivity contribution in [3.05, 3.63) is 65.9 Å². The molecular formula is C13H14N2O3S. The third-order valence-electron chi connectivity index (χ3n) is 2.10. The number of carbonyl (C=O) groups excluding carboxylic acids is 1. The molecule has 0 aromatic carbocycles. The molecule has 0 bridgehead atoms. The van der Waals surface area contributed by atoms with Crippen molar-refractivity contribution < 1.29 is 13.2 Å². The lowest BCUT2D eigenvalue weighted by molar-refractivity contribution is 0.0977. The van der Waals surface area contributed by atoms with Gasteiger partial charge in [0.25, 0.3) is 15.9 Å². The van der Waals surface area contributed by atoms with Gasteiger partial charge >= 0.3 is 0 Å². The van der Waals surface area contributed by atoms with Crippen molar-refractivity contribution in [2.75, 3.05) is 0 Å². The zero-order valence-electron chi connectivity index (χ0n) is 10.5. The minimum absolute atomic E-state index is 0.0192.